The summed E-state index contributed by atoms with van der Waals surface area (Å²) in [6, 6.07) is 1.30. The number of amides is 2. The summed E-state index contributed by atoms with van der Waals surface area (Å²) in [6.45, 7) is 0.996. The Morgan fingerprint density at radius 3 is 2.93 bits per heavy atom. The maximum absolute atomic E-state index is 13.7. The van der Waals surface area contributed by atoms with Gasteiger partial charge in [-0.15, -0.1) is 0 Å². The van der Waals surface area contributed by atoms with Gasteiger partial charge in [0, 0.05) is 67.7 Å². The van der Waals surface area contributed by atoms with Crippen LogP contribution in [0.3, 0.4) is 0 Å². The van der Waals surface area contributed by atoms with E-state index in [-0.39, 0.29) is 6.03 Å². The van der Waals surface area contributed by atoms with Gasteiger partial charge < -0.3 is 19.8 Å². The van der Waals surface area contributed by atoms with Crippen LogP contribution in [-0.4, -0.2) is 56.1 Å². The second kappa shape index (κ2) is 6.67. The molecule has 0 aromatic carbocycles. The van der Waals surface area contributed by atoms with Gasteiger partial charge in [-0.05, 0) is 6.07 Å². The number of hydrogen-bond acceptors (Lipinski definition) is 4. The number of carbonyl (C=O) groups is 1. The summed E-state index contributed by atoms with van der Waals surface area (Å²) in [4.78, 5) is 28.8. The number of pyridine rings is 1. The van der Waals surface area contributed by atoms with Gasteiger partial charge in [-0.25, -0.2) is 24.1 Å². The van der Waals surface area contributed by atoms with Crippen LogP contribution in [0, 0.1) is 5.82 Å². The number of hydrogen-bond donors (Lipinski definition) is 2. The third kappa shape index (κ3) is 3.07. The monoisotopic (exact) mass is 367 g/mol. The number of nitrogens with one attached hydrogen (secondary N) is 2. The normalized spacial score (nSPS) is 11.2. The maximum Gasteiger partial charge on any atom is 0.316 e. The Morgan fingerprint density at radius 1 is 1.26 bits per heavy atom. The Kier molecular flexibility index (Phi) is 4.19. The standard InChI is InChI=1S/C18H18FN7O/c1-25(2)18(27)21-3-4-26-9-15(14-7-20-10-24-17(14)26)13-8-23-16-12(13)5-11(19)6-22-16/h5-10H,3-4H2,1-2H3,(H,21,27)(H,22,23). The molecule has 0 bridgehead atoms. The molecule has 138 valence electrons. The summed E-state index contributed by atoms with van der Waals surface area (Å²) in [5.41, 5.74) is 3.07. The summed E-state index contributed by atoms with van der Waals surface area (Å²) in [7, 11) is 3.38. The first kappa shape index (κ1) is 17.0. The summed E-state index contributed by atoms with van der Waals surface area (Å²) in [6.07, 6.45) is 8.14. The van der Waals surface area contributed by atoms with Crippen LogP contribution in [0.25, 0.3) is 33.2 Å². The molecule has 4 aromatic heterocycles. The van der Waals surface area contributed by atoms with Crippen LogP contribution in [0.1, 0.15) is 0 Å². The van der Waals surface area contributed by atoms with Gasteiger partial charge >= 0.3 is 6.03 Å². The molecular formula is C18H18FN7O. The average molecular weight is 367 g/mol. The summed E-state index contributed by atoms with van der Waals surface area (Å²) < 4.78 is 15.6. The van der Waals surface area contributed by atoms with E-state index in [0.717, 1.165) is 22.2 Å². The fraction of sp³-hybridized carbons (Fsp3) is 0.222. The van der Waals surface area contributed by atoms with E-state index in [0.29, 0.717) is 24.1 Å². The third-order valence-corrected chi connectivity index (χ3v) is 4.36. The maximum atomic E-state index is 13.7. The summed E-state index contributed by atoms with van der Waals surface area (Å²) in [5, 5.41) is 4.38. The highest BCUT2D eigenvalue weighted by atomic mass is 19.1. The molecule has 9 heteroatoms. The molecule has 0 spiro atoms. The van der Waals surface area contributed by atoms with E-state index in [9.17, 15) is 9.18 Å². The predicted molar refractivity (Wildman–Crippen MR) is 99.7 cm³/mol. The first-order chi connectivity index (χ1) is 13.0. The SMILES string of the molecule is CN(C)C(=O)NCCn1cc(-c2c[nH]c3ncc(F)cc23)c2cncnc21. The van der Waals surface area contributed by atoms with Crippen molar-refractivity contribution in [2.45, 2.75) is 6.54 Å². The van der Waals surface area contributed by atoms with Crippen LogP contribution in [-0.2, 0) is 6.54 Å². The Balaban J connectivity index is 1.73. The molecule has 4 rings (SSSR count). The van der Waals surface area contributed by atoms with Gasteiger partial charge in [0.15, 0.2) is 0 Å². The lowest BCUT2D eigenvalue weighted by Crippen LogP contribution is -2.36. The first-order valence-electron chi connectivity index (χ1n) is 8.41. The van der Waals surface area contributed by atoms with Crippen molar-refractivity contribution < 1.29 is 9.18 Å². The van der Waals surface area contributed by atoms with Crippen molar-refractivity contribution in [3.63, 3.8) is 0 Å². The van der Waals surface area contributed by atoms with Gasteiger partial charge in [0.05, 0.1) is 6.20 Å². The highest BCUT2D eigenvalue weighted by Crippen LogP contribution is 2.34. The molecule has 27 heavy (non-hydrogen) atoms. The minimum absolute atomic E-state index is 0.153. The number of urea groups is 1. The highest BCUT2D eigenvalue weighted by molar-refractivity contribution is 6.02. The van der Waals surface area contributed by atoms with Crippen LogP contribution >= 0.6 is 0 Å². The molecule has 2 amide bonds. The number of H-pyrrole nitrogens is 1. The molecule has 0 unspecified atom stereocenters. The van der Waals surface area contributed by atoms with E-state index in [1.165, 1.54) is 23.5 Å². The zero-order chi connectivity index (χ0) is 19.0. The fourth-order valence-corrected chi connectivity index (χ4v) is 3.06. The Morgan fingerprint density at radius 2 is 2.11 bits per heavy atom. The summed E-state index contributed by atoms with van der Waals surface area (Å²) in [5.74, 6) is -0.394. The Bertz CT molecular complexity index is 1130. The van der Waals surface area contributed by atoms with E-state index in [1.807, 2.05) is 10.8 Å². The number of nitrogens with zero attached hydrogens (tertiary/aromatic N) is 5. The molecule has 8 nitrogen and oxygen atoms in total. The zero-order valence-electron chi connectivity index (χ0n) is 14.9. The van der Waals surface area contributed by atoms with Crippen molar-refractivity contribution in [3.05, 3.63) is 43.0 Å². The minimum atomic E-state index is -0.394. The predicted octanol–water partition coefficient (Wildman–Crippen LogP) is 2.38. The first-order valence-corrected chi connectivity index (χ1v) is 8.41. The van der Waals surface area contributed by atoms with Crippen molar-refractivity contribution in [2.75, 3.05) is 20.6 Å². The molecule has 0 aliphatic heterocycles. The molecule has 4 aromatic rings. The van der Waals surface area contributed by atoms with Crippen molar-refractivity contribution in [3.8, 4) is 11.1 Å². The van der Waals surface area contributed by atoms with Crippen molar-refractivity contribution in [2.24, 2.45) is 0 Å². The number of fused-ring (bicyclic) bond motifs is 2. The van der Waals surface area contributed by atoms with Crippen molar-refractivity contribution in [1.29, 1.82) is 0 Å². The Labute approximate surface area is 154 Å². The molecule has 0 radical (unpaired) electrons. The lowest BCUT2D eigenvalue weighted by atomic mass is 10.1. The number of rotatable bonds is 4. The molecule has 0 aliphatic carbocycles. The van der Waals surface area contributed by atoms with E-state index >= 15 is 0 Å². The van der Waals surface area contributed by atoms with Gasteiger partial charge in [-0.2, -0.15) is 0 Å². The van der Waals surface area contributed by atoms with Gasteiger partial charge in [0.25, 0.3) is 0 Å². The van der Waals surface area contributed by atoms with Crippen LogP contribution in [0.2, 0.25) is 0 Å². The van der Waals surface area contributed by atoms with Gasteiger partial charge in [-0.3, -0.25) is 0 Å². The fourth-order valence-electron chi connectivity index (χ4n) is 3.06. The molecular weight excluding hydrogens is 349 g/mol. The number of halogens is 1. The van der Waals surface area contributed by atoms with Crippen molar-refractivity contribution in [1.82, 2.24) is 34.7 Å². The average Bonchev–Trinajstić information content (AvgIpc) is 3.22. The second-order valence-corrected chi connectivity index (χ2v) is 6.37. The van der Waals surface area contributed by atoms with Gasteiger partial charge in [0.1, 0.15) is 23.4 Å². The minimum Gasteiger partial charge on any atom is -0.346 e. The van der Waals surface area contributed by atoms with Crippen LogP contribution in [0.5, 0.6) is 0 Å². The lowest BCUT2D eigenvalue weighted by Gasteiger charge is -2.12. The topological polar surface area (TPSA) is 91.7 Å². The van der Waals surface area contributed by atoms with E-state index < -0.39 is 5.82 Å². The van der Waals surface area contributed by atoms with E-state index in [1.54, 1.807) is 26.5 Å². The zero-order valence-corrected chi connectivity index (χ0v) is 14.9. The molecule has 0 fully saturated rings. The molecule has 4 heterocycles. The largest absolute Gasteiger partial charge is 0.346 e. The number of aromatic nitrogens is 5. The number of aromatic amines is 1. The molecule has 0 saturated heterocycles. The molecule has 0 aliphatic rings. The van der Waals surface area contributed by atoms with Gasteiger partial charge in [-0.1, -0.05) is 0 Å². The van der Waals surface area contributed by atoms with E-state index in [2.05, 4.69) is 25.3 Å². The van der Waals surface area contributed by atoms with Gasteiger partial charge in [0.2, 0.25) is 0 Å². The summed E-state index contributed by atoms with van der Waals surface area (Å²) >= 11 is 0. The molecule has 0 saturated carbocycles. The molecule has 0 atom stereocenters. The van der Waals surface area contributed by atoms with Crippen LogP contribution in [0.15, 0.2) is 37.2 Å². The van der Waals surface area contributed by atoms with Crippen molar-refractivity contribution >= 4 is 28.1 Å². The van der Waals surface area contributed by atoms with Crippen LogP contribution < -0.4 is 5.32 Å². The molecule has 2 N–H and O–H groups in total. The smallest absolute Gasteiger partial charge is 0.316 e. The Hall–Kier alpha value is -3.49. The van der Waals surface area contributed by atoms with E-state index in [4.69, 9.17) is 0 Å². The highest BCUT2D eigenvalue weighted by Gasteiger charge is 2.16. The second-order valence-electron chi connectivity index (χ2n) is 6.37. The van der Waals surface area contributed by atoms with Crippen LogP contribution in [0.4, 0.5) is 9.18 Å². The third-order valence-electron chi connectivity index (χ3n) is 4.36. The number of carbonyl (C=O) groups excluding carboxylic acids is 1. The lowest BCUT2D eigenvalue weighted by molar-refractivity contribution is 0.217. The quantitative estimate of drug-likeness (QED) is 0.579.